The van der Waals surface area contributed by atoms with Gasteiger partial charge in [-0.25, -0.2) is 0 Å². The molecule has 1 aromatic carbocycles. The van der Waals surface area contributed by atoms with Crippen LogP contribution in [0.25, 0.3) is 0 Å². The van der Waals surface area contributed by atoms with Crippen molar-refractivity contribution in [3.05, 3.63) is 52.5 Å². The molecule has 0 radical (unpaired) electrons. The summed E-state index contributed by atoms with van der Waals surface area (Å²) in [4.78, 5) is 0. The summed E-state index contributed by atoms with van der Waals surface area (Å²) in [6, 6.07) is 6.92. The molecule has 3 nitrogen and oxygen atoms in total. The molecule has 1 aliphatic rings. The van der Waals surface area contributed by atoms with E-state index in [4.69, 9.17) is 12.9 Å². The van der Waals surface area contributed by atoms with Crippen molar-refractivity contribution >= 4 is 8.24 Å². The summed E-state index contributed by atoms with van der Waals surface area (Å²) in [6.07, 6.45) is 19.3. The Morgan fingerprint density at radius 3 is 1.94 bits per heavy atom. The first-order valence-electron chi connectivity index (χ1n) is 14.5. The Morgan fingerprint density at radius 2 is 1.40 bits per heavy atom. The highest BCUT2D eigenvalue weighted by Gasteiger charge is 2.47. The molecular formula is C31H49O3P. The molecule has 0 bridgehead atoms. The lowest BCUT2D eigenvalue weighted by Gasteiger charge is -2.18. The van der Waals surface area contributed by atoms with Gasteiger partial charge in [-0.3, -0.25) is 0 Å². The van der Waals surface area contributed by atoms with Crippen LogP contribution in [0.1, 0.15) is 133 Å². The Bertz CT molecular complexity index is 913. The van der Waals surface area contributed by atoms with E-state index in [1.54, 1.807) is 0 Å². The van der Waals surface area contributed by atoms with Gasteiger partial charge in [0.2, 0.25) is 0 Å². The largest absolute Gasteiger partial charge is 0.452 e. The van der Waals surface area contributed by atoms with Gasteiger partial charge in [-0.15, -0.1) is 0 Å². The van der Waals surface area contributed by atoms with E-state index in [2.05, 4.69) is 52.8 Å². The molecule has 1 heterocycles. The standard InChI is InChI=1S/C31H49O3P/c1-6-11-15-25-23-27(16-12-7-2)29(28(24-25)17-13-8-3)33-35-32-22-18-26(10-5)30(34-35)31(20-21-31)19-14-9-4/h18,22-24H,6-17,19-21H2,1-5H3. The summed E-state index contributed by atoms with van der Waals surface area (Å²) in [5.41, 5.74) is 5.60. The van der Waals surface area contributed by atoms with E-state index in [9.17, 15) is 0 Å². The highest BCUT2D eigenvalue weighted by Crippen LogP contribution is 2.54. The summed E-state index contributed by atoms with van der Waals surface area (Å²) in [7, 11) is -1.51. The topological polar surface area (TPSA) is 35.5 Å². The van der Waals surface area contributed by atoms with Crippen molar-refractivity contribution in [2.75, 3.05) is 0 Å². The first-order valence-corrected chi connectivity index (χ1v) is 15.6. The summed E-state index contributed by atoms with van der Waals surface area (Å²) in [6.45, 7) is 11.3. The highest BCUT2D eigenvalue weighted by atomic mass is 31.1. The molecule has 0 saturated heterocycles. The van der Waals surface area contributed by atoms with Crippen LogP contribution in [0.4, 0.5) is 0 Å². The highest BCUT2D eigenvalue weighted by molar-refractivity contribution is 7.31. The zero-order chi connectivity index (χ0) is 25.1. The van der Waals surface area contributed by atoms with E-state index in [1.165, 1.54) is 92.9 Å². The van der Waals surface area contributed by atoms with Gasteiger partial charge in [-0.05, 0) is 92.5 Å². The lowest BCUT2D eigenvalue weighted by Crippen LogP contribution is -2.08. The molecule has 2 aromatic rings. The van der Waals surface area contributed by atoms with Gasteiger partial charge in [0, 0.05) is 5.41 Å². The maximum Gasteiger partial charge on any atom is 0.452 e. The third kappa shape index (κ3) is 7.69. The number of hydrogen-bond acceptors (Lipinski definition) is 3. The molecule has 1 aromatic heterocycles. The quantitative estimate of drug-likeness (QED) is 0.230. The molecular weight excluding hydrogens is 451 g/mol. The molecule has 1 saturated carbocycles. The van der Waals surface area contributed by atoms with Crippen LogP contribution in [0.3, 0.4) is 0 Å². The van der Waals surface area contributed by atoms with Crippen LogP contribution in [0.2, 0.25) is 0 Å². The fourth-order valence-corrected chi connectivity index (χ4v) is 6.18. The van der Waals surface area contributed by atoms with Crippen LogP contribution in [0.15, 0.2) is 32.9 Å². The molecule has 4 heteroatoms. The summed E-state index contributed by atoms with van der Waals surface area (Å²) in [5, 5.41) is 0. The fourth-order valence-electron chi connectivity index (χ4n) is 5.05. The second kappa shape index (κ2) is 14.2. The SMILES string of the molecule is CCCCc1cc(CCCC)c(Op2occc(CC)c(C3(CCCC)CC3)o2)c(CCCC)c1. The third-order valence-corrected chi connectivity index (χ3v) is 8.44. The molecule has 0 N–H and O–H groups in total. The van der Waals surface area contributed by atoms with Crippen molar-refractivity contribution in [1.29, 1.82) is 0 Å². The first-order chi connectivity index (χ1) is 17.1. The molecule has 1 fully saturated rings. The van der Waals surface area contributed by atoms with E-state index in [1.807, 2.05) is 6.26 Å². The summed E-state index contributed by atoms with van der Waals surface area (Å²) >= 11 is 0. The second-order valence-corrected chi connectivity index (χ2v) is 11.5. The Labute approximate surface area is 215 Å². The minimum absolute atomic E-state index is 0.198. The van der Waals surface area contributed by atoms with Crippen LogP contribution in [-0.4, -0.2) is 0 Å². The molecule has 1 aliphatic carbocycles. The first kappa shape index (κ1) is 28.0. The average Bonchev–Trinajstić information content (AvgIpc) is 3.68. The predicted molar refractivity (Wildman–Crippen MR) is 149 cm³/mol. The Morgan fingerprint density at radius 1 is 0.800 bits per heavy atom. The van der Waals surface area contributed by atoms with Gasteiger partial charge in [0.15, 0.2) is 0 Å². The van der Waals surface area contributed by atoms with Crippen LogP contribution in [0, 0.1) is 0 Å². The van der Waals surface area contributed by atoms with Crippen molar-refractivity contribution in [1.82, 2.24) is 0 Å². The molecule has 0 aliphatic heterocycles. The van der Waals surface area contributed by atoms with Crippen LogP contribution in [-0.2, 0) is 31.1 Å². The van der Waals surface area contributed by atoms with Gasteiger partial charge >= 0.3 is 8.24 Å². The van der Waals surface area contributed by atoms with E-state index >= 15 is 0 Å². The van der Waals surface area contributed by atoms with Crippen molar-refractivity contribution in [3.8, 4) is 5.75 Å². The van der Waals surface area contributed by atoms with E-state index in [0.717, 1.165) is 37.2 Å². The zero-order valence-electron chi connectivity index (χ0n) is 23.1. The molecule has 35 heavy (non-hydrogen) atoms. The van der Waals surface area contributed by atoms with Gasteiger partial charge in [0.25, 0.3) is 0 Å². The van der Waals surface area contributed by atoms with Crippen molar-refractivity contribution in [3.63, 3.8) is 0 Å². The number of aryl methyl sites for hydroxylation is 4. The Hall–Kier alpha value is -1.60. The van der Waals surface area contributed by atoms with E-state index in [0.29, 0.717) is 0 Å². The van der Waals surface area contributed by atoms with Crippen molar-refractivity contribution in [2.45, 2.75) is 136 Å². The lowest BCUT2D eigenvalue weighted by molar-refractivity contribution is 0.410. The zero-order valence-corrected chi connectivity index (χ0v) is 24.0. The van der Waals surface area contributed by atoms with E-state index in [-0.39, 0.29) is 5.41 Å². The smallest absolute Gasteiger partial charge is 0.399 e. The Kier molecular flexibility index (Phi) is 11.4. The van der Waals surface area contributed by atoms with Crippen LogP contribution < -0.4 is 4.52 Å². The van der Waals surface area contributed by atoms with Gasteiger partial charge in [0.05, 0.1) is 0 Å². The van der Waals surface area contributed by atoms with E-state index < -0.39 is 8.24 Å². The third-order valence-electron chi connectivity index (χ3n) is 7.49. The van der Waals surface area contributed by atoms with Crippen LogP contribution >= 0.6 is 8.24 Å². The lowest BCUT2D eigenvalue weighted by atomic mass is 9.92. The molecule has 0 amide bonds. The second-order valence-electron chi connectivity index (χ2n) is 10.5. The van der Waals surface area contributed by atoms with Gasteiger partial charge < -0.3 is 12.9 Å². The number of rotatable bonds is 16. The molecule has 3 rings (SSSR count). The fraction of sp³-hybridized carbons (Fsp3) is 0.677. The van der Waals surface area contributed by atoms with Gasteiger partial charge in [-0.2, -0.15) is 0 Å². The molecule has 196 valence electrons. The minimum Gasteiger partial charge on any atom is -0.399 e. The molecule has 1 atom stereocenters. The van der Waals surface area contributed by atoms with Crippen LogP contribution in [0.5, 0.6) is 5.75 Å². The molecule has 1 unspecified atom stereocenters. The monoisotopic (exact) mass is 500 g/mol. The van der Waals surface area contributed by atoms with Gasteiger partial charge in [0.1, 0.15) is 17.8 Å². The number of benzene rings is 1. The average molecular weight is 501 g/mol. The van der Waals surface area contributed by atoms with Gasteiger partial charge in [-0.1, -0.05) is 78.9 Å². The van der Waals surface area contributed by atoms with Crippen molar-refractivity contribution in [2.24, 2.45) is 0 Å². The number of unbranched alkanes of at least 4 members (excludes halogenated alkanes) is 4. The predicted octanol–water partition coefficient (Wildman–Crippen LogP) is 10.6. The normalized spacial score (nSPS) is 14.7. The van der Waals surface area contributed by atoms with Crippen molar-refractivity contribution < 1.29 is 12.9 Å². The summed E-state index contributed by atoms with van der Waals surface area (Å²) in [5.74, 6) is 2.18. The maximum absolute atomic E-state index is 6.74. The Balaban J connectivity index is 2.04. The maximum atomic E-state index is 6.74. The molecule has 0 spiro atoms. The summed E-state index contributed by atoms with van der Waals surface area (Å²) < 4.78 is 19.5. The number of hydrogen-bond donors (Lipinski definition) is 0. The minimum atomic E-state index is -1.51.